The Hall–Kier alpha value is -3.34. The number of carbonyl (C=O) groups excluding carboxylic acids is 2. The molecular formula is C29H35NO4. The first-order valence-electron chi connectivity index (χ1n) is 12.1. The number of unbranched alkanes of at least 4 members (excludes halogenated alkanes) is 2. The van der Waals surface area contributed by atoms with E-state index in [0.717, 1.165) is 24.0 Å². The molecule has 0 aliphatic heterocycles. The van der Waals surface area contributed by atoms with Crippen molar-refractivity contribution in [2.45, 2.75) is 56.9 Å². The lowest BCUT2D eigenvalue weighted by molar-refractivity contribution is -0.151. The largest absolute Gasteiger partial charge is 0.464 e. The van der Waals surface area contributed by atoms with Crippen LogP contribution in [0.5, 0.6) is 0 Å². The molecule has 0 aromatic heterocycles. The molecule has 34 heavy (non-hydrogen) atoms. The number of hydrogen-bond donors (Lipinski definition) is 1. The highest BCUT2D eigenvalue weighted by Gasteiger charge is 2.41. The van der Waals surface area contributed by atoms with E-state index < -0.39 is 17.6 Å². The Kier molecular flexibility index (Phi) is 9.08. The highest BCUT2D eigenvalue weighted by Crippen LogP contribution is 2.44. The van der Waals surface area contributed by atoms with E-state index in [1.54, 1.807) is 6.92 Å². The van der Waals surface area contributed by atoms with Gasteiger partial charge in [-0.05, 0) is 67.7 Å². The summed E-state index contributed by atoms with van der Waals surface area (Å²) in [5.74, 6) is -0.465. The minimum Gasteiger partial charge on any atom is -0.464 e. The van der Waals surface area contributed by atoms with Gasteiger partial charge in [0.05, 0.1) is 6.61 Å². The molecule has 1 aliphatic carbocycles. The smallest absolute Gasteiger partial charge is 0.408 e. The summed E-state index contributed by atoms with van der Waals surface area (Å²) in [5.41, 5.74) is 3.49. The SMILES string of the molecule is C=CCCCC(CCCC=C)(NC(=O)OCC1c2ccccc2-c2ccccc21)C(=O)OCC. The molecule has 0 bridgehead atoms. The summed E-state index contributed by atoms with van der Waals surface area (Å²) in [4.78, 5) is 26.1. The molecule has 1 N–H and O–H groups in total. The normalized spacial score (nSPS) is 12.4. The molecule has 0 spiro atoms. The number of rotatable bonds is 13. The number of alkyl carbamates (subject to hydrolysis) is 1. The zero-order chi connectivity index (χ0) is 24.4. The van der Waals surface area contributed by atoms with E-state index in [1.165, 1.54) is 11.1 Å². The Morgan fingerprint density at radius 2 is 1.44 bits per heavy atom. The monoisotopic (exact) mass is 461 g/mol. The summed E-state index contributed by atoms with van der Waals surface area (Å²) >= 11 is 0. The fourth-order valence-corrected chi connectivity index (χ4v) is 4.70. The van der Waals surface area contributed by atoms with E-state index >= 15 is 0 Å². The average molecular weight is 462 g/mol. The molecule has 0 saturated carbocycles. The van der Waals surface area contributed by atoms with Gasteiger partial charge in [0.15, 0.2) is 0 Å². The van der Waals surface area contributed by atoms with Crippen LogP contribution in [-0.2, 0) is 14.3 Å². The van der Waals surface area contributed by atoms with Crippen LogP contribution in [0, 0.1) is 0 Å². The summed E-state index contributed by atoms with van der Waals surface area (Å²) in [6.07, 6.45) is 6.84. The maximum absolute atomic E-state index is 13.0. The number of amides is 1. The molecule has 1 amide bonds. The highest BCUT2D eigenvalue weighted by atomic mass is 16.6. The van der Waals surface area contributed by atoms with Crippen LogP contribution in [0.4, 0.5) is 4.79 Å². The summed E-state index contributed by atoms with van der Waals surface area (Å²) < 4.78 is 11.1. The number of esters is 1. The second-order valence-electron chi connectivity index (χ2n) is 8.61. The van der Waals surface area contributed by atoms with Crippen molar-refractivity contribution in [3.05, 3.63) is 85.0 Å². The van der Waals surface area contributed by atoms with Gasteiger partial charge in [-0.1, -0.05) is 60.7 Å². The van der Waals surface area contributed by atoms with Crippen LogP contribution in [0.15, 0.2) is 73.8 Å². The number of ether oxygens (including phenoxy) is 2. The topological polar surface area (TPSA) is 64.6 Å². The van der Waals surface area contributed by atoms with Gasteiger partial charge in [-0.25, -0.2) is 9.59 Å². The van der Waals surface area contributed by atoms with E-state index in [-0.39, 0.29) is 19.1 Å². The van der Waals surface area contributed by atoms with Crippen LogP contribution >= 0.6 is 0 Å². The molecule has 0 atom stereocenters. The fraction of sp³-hybridized carbons (Fsp3) is 0.379. The van der Waals surface area contributed by atoms with Crippen molar-refractivity contribution >= 4 is 12.1 Å². The first-order chi connectivity index (χ1) is 16.6. The molecular weight excluding hydrogens is 426 g/mol. The van der Waals surface area contributed by atoms with E-state index in [4.69, 9.17) is 9.47 Å². The summed E-state index contributed by atoms with van der Waals surface area (Å²) in [6.45, 7) is 9.74. The Morgan fingerprint density at radius 3 is 1.94 bits per heavy atom. The van der Waals surface area contributed by atoms with Gasteiger partial charge < -0.3 is 14.8 Å². The third kappa shape index (κ3) is 5.77. The van der Waals surface area contributed by atoms with Gasteiger partial charge in [-0.3, -0.25) is 0 Å². The second kappa shape index (κ2) is 12.2. The van der Waals surface area contributed by atoms with Crippen LogP contribution in [0.25, 0.3) is 11.1 Å². The Bertz CT molecular complexity index is 953. The van der Waals surface area contributed by atoms with Crippen molar-refractivity contribution in [1.82, 2.24) is 5.32 Å². The van der Waals surface area contributed by atoms with Gasteiger partial charge in [0.25, 0.3) is 0 Å². The second-order valence-corrected chi connectivity index (χ2v) is 8.61. The minimum atomic E-state index is -1.13. The third-order valence-corrected chi connectivity index (χ3v) is 6.37. The first kappa shape index (κ1) is 25.3. The average Bonchev–Trinajstić information content (AvgIpc) is 3.17. The zero-order valence-corrected chi connectivity index (χ0v) is 20.1. The van der Waals surface area contributed by atoms with Crippen LogP contribution in [-0.4, -0.2) is 30.8 Å². The number of carbonyl (C=O) groups is 2. The zero-order valence-electron chi connectivity index (χ0n) is 20.1. The standard InChI is InChI=1S/C29H35NO4/c1-4-7-13-19-29(20-14-8-5-2,27(31)33-6-3)30-28(32)34-21-26-24-17-11-9-15-22(24)23-16-10-12-18-25(23)26/h4-5,9-12,15-18,26H,1-2,6-8,13-14,19-21H2,3H3,(H,30,32). The van der Waals surface area contributed by atoms with Crippen molar-refractivity contribution in [2.75, 3.05) is 13.2 Å². The lowest BCUT2D eigenvalue weighted by Crippen LogP contribution is -2.55. The Labute approximate surface area is 202 Å². The molecule has 0 radical (unpaired) electrons. The van der Waals surface area contributed by atoms with Crippen molar-refractivity contribution in [1.29, 1.82) is 0 Å². The molecule has 0 unspecified atom stereocenters. The summed E-state index contributed by atoms with van der Waals surface area (Å²) in [5, 5.41) is 2.90. The molecule has 0 heterocycles. The maximum Gasteiger partial charge on any atom is 0.408 e. The molecule has 2 aromatic rings. The van der Waals surface area contributed by atoms with Crippen LogP contribution in [0.1, 0.15) is 62.5 Å². The lowest BCUT2D eigenvalue weighted by Gasteiger charge is -2.32. The number of fused-ring (bicyclic) bond motifs is 3. The quantitative estimate of drug-likeness (QED) is 0.209. The third-order valence-electron chi connectivity index (χ3n) is 6.37. The van der Waals surface area contributed by atoms with Gasteiger partial charge in [-0.2, -0.15) is 0 Å². The summed E-state index contributed by atoms with van der Waals surface area (Å²) in [6, 6.07) is 16.4. The van der Waals surface area contributed by atoms with Crippen molar-refractivity contribution in [2.24, 2.45) is 0 Å². The number of benzene rings is 2. The van der Waals surface area contributed by atoms with E-state index in [9.17, 15) is 9.59 Å². The van der Waals surface area contributed by atoms with Gasteiger partial charge in [0.1, 0.15) is 12.1 Å². The number of nitrogens with one attached hydrogen (secondary N) is 1. The van der Waals surface area contributed by atoms with Crippen LogP contribution < -0.4 is 5.32 Å². The Balaban J connectivity index is 1.76. The van der Waals surface area contributed by atoms with Gasteiger partial charge in [0.2, 0.25) is 0 Å². The predicted octanol–water partition coefficient (Wildman–Crippen LogP) is 6.54. The molecule has 1 aliphatic rings. The molecule has 180 valence electrons. The summed E-state index contributed by atoms with van der Waals surface area (Å²) in [7, 11) is 0. The van der Waals surface area contributed by atoms with Crippen LogP contribution in [0.2, 0.25) is 0 Å². The molecule has 2 aromatic carbocycles. The van der Waals surface area contributed by atoms with Gasteiger partial charge in [-0.15, -0.1) is 13.2 Å². The van der Waals surface area contributed by atoms with E-state index in [1.807, 2.05) is 36.4 Å². The fourth-order valence-electron chi connectivity index (χ4n) is 4.70. The first-order valence-corrected chi connectivity index (χ1v) is 12.1. The number of hydrogen-bond acceptors (Lipinski definition) is 4. The number of allylic oxidation sites excluding steroid dienone is 2. The van der Waals surface area contributed by atoms with Crippen LogP contribution in [0.3, 0.4) is 0 Å². The highest BCUT2D eigenvalue weighted by molar-refractivity contribution is 5.86. The minimum absolute atomic E-state index is 0.0447. The maximum atomic E-state index is 13.0. The van der Waals surface area contributed by atoms with Crippen molar-refractivity contribution in [3.8, 4) is 11.1 Å². The van der Waals surface area contributed by atoms with E-state index in [2.05, 4.69) is 42.7 Å². The van der Waals surface area contributed by atoms with Crippen molar-refractivity contribution in [3.63, 3.8) is 0 Å². The Morgan fingerprint density at radius 1 is 0.912 bits per heavy atom. The molecule has 5 nitrogen and oxygen atoms in total. The molecule has 3 rings (SSSR count). The van der Waals surface area contributed by atoms with Crippen molar-refractivity contribution < 1.29 is 19.1 Å². The molecule has 0 fully saturated rings. The predicted molar refractivity (Wildman–Crippen MR) is 136 cm³/mol. The molecule has 5 heteroatoms. The van der Waals surface area contributed by atoms with Gasteiger partial charge >= 0.3 is 12.1 Å². The van der Waals surface area contributed by atoms with E-state index in [0.29, 0.717) is 25.7 Å². The lowest BCUT2D eigenvalue weighted by atomic mass is 9.87. The van der Waals surface area contributed by atoms with Gasteiger partial charge in [0, 0.05) is 5.92 Å². The molecule has 0 saturated heterocycles.